The lowest BCUT2D eigenvalue weighted by Crippen LogP contribution is -2.12. The predicted molar refractivity (Wildman–Crippen MR) is 92.9 cm³/mol. The van der Waals surface area contributed by atoms with E-state index in [1.807, 2.05) is 0 Å². The van der Waals surface area contributed by atoms with E-state index in [0.29, 0.717) is 14.2 Å². The number of hydrogen-bond donors (Lipinski definition) is 0. The molecule has 0 aliphatic heterocycles. The molecular formula is C15H29S3+. The third kappa shape index (κ3) is 6.38. The first-order chi connectivity index (χ1) is 7.79. The first-order valence-electron chi connectivity index (χ1n) is 6.70. The molecule has 1 aliphatic rings. The van der Waals surface area contributed by atoms with E-state index >= 15 is 0 Å². The maximum Gasteiger partial charge on any atom is 0.213 e. The minimum Gasteiger partial charge on any atom is -0.0976 e. The molecule has 2 unspecified atom stereocenters. The molecule has 18 heavy (non-hydrogen) atoms. The van der Waals surface area contributed by atoms with Gasteiger partial charge in [0.1, 0.15) is 0 Å². The molecule has 0 nitrogen and oxygen atoms in total. The molecule has 1 aliphatic carbocycles. The maximum atomic E-state index is 2.33. The highest BCUT2D eigenvalue weighted by Crippen LogP contribution is 2.64. The largest absolute Gasteiger partial charge is 0.213 e. The molecule has 0 N–H and O–H groups in total. The predicted octanol–water partition coefficient (Wildman–Crippen LogP) is 5.86. The molecular weight excluding hydrogens is 276 g/mol. The fourth-order valence-electron chi connectivity index (χ4n) is 1.67. The average Bonchev–Trinajstić information content (AvgIpc) is 2.53. The summed E-state index contributed by atoms with van der Waals surface area (Å²) in [6.45, 7) is 20.9. The highest BCUT2D eigenvalue weighted by molar-refractivity contribution is 8.12. The van der Waals surface area contributed by atoms with Crippen LogP contribution in [0.5, 0.6) is 0 Å². The molecule has 0 radical (unpaired) electrons. The van der Waals surface area contributed by atoms with Gasteiger partial charge in [-0.1, -0.05) is 65.1 Å². The monoisotopic (exact) mass is 305 g/mol. The van der Waals surface area contributed by atoms with Gasteiger partial charge < -0.3 is 0 Å². The SMILES string of the molecule is CC(C)(C)S[C+]1C(SC(C)(C)C)C1SC(C)(C)C. The molecule has 0 bridgehead atoms. The Morgan fingerprint density at radius 3 is 1.17 bits per heavy atom. The Balaban J connectivity index is 2.63. The smallest absolute Gasteiger partial charge is 0.0976 e. The van der Waals surface area contributed by atoms with Crippen LogP contribution in [0.4, 0.5) is 0 Å². The molecule has 1 saturated carbocycles. The minimum absolute atomic E-state index is 0.346. The molecule has 0 aromatic heterocycles. The third-order valence-corrected chi connectivity index (χ3v) is 6.91. The van der Waals surface area contributed by atoms with E-state index in [0.717, 1.165) is 10.5 Å². The maximum absolute atomic E-state index is 2.33. The first-order valence-corrected chi connectivity index (χ1v) is 9.27. The first kappa shape index (κ1) is 17.0. The molecule has 0 saturated heterocycles. The van der Waals surface area contributed by atoms with Gasteiger partial charge in [0.05, 0.1) is 16.5 Å². The second-order valence-corrected chi connectivity index (χ2v) is 13.8. The molecule has 2 atom stereocenters. The van der Waals surface area contributed by atoms with Crippen molar-refractivity contribution in [2.24, 2.45) is 0 Å². The highest BCUT2D eigenvalue weighted by Gasteiger charge is 2.69. The van der Waals surface area contributed by atoms with Gasteiger partial charge in [0.2, 0.25) is 10.5 Å². The van der Waals surface area contributed by atoms with Crippen molar-refractivity contribution in [3.63, 3.8) is 0 Å². The second kappa shape index (κ2) is 5.37. The molecule has 3 heteroatoms. The number of rotatable bonds is 3. The lowest BCUT2D eigenvalue weighted by atomic mass is 10.3. The van der Waals surface area contributed by atoms with E-state index in [9.17, 15) is 0 Å². The van der Waals surface area contributed by atoms with Gasteiger partial charge in [-0.2, -0.15) is 0 Å². The summed E-state index contributed by atoms with van der Waals surface area (Å²) in [5.41, 5.74) is 0. The Hall–Kier alpha value is 0.920. The molecule has 1 rings (SSSR count). The summed E-state index contributed by atoms with van der Waals surface area (Å²) in [6.07, 6.45) is 0. The zero-order valence-corrected chi connectivity index (χ0v) is 15.8. The molecule has 106 valence electrons. The highest BCUT2D eigenvalue weighted by atomic mass is 32.2. The van der Waals surface area contributed by atoms with Crippen LogP contribution in [0.1, 0.15) is 62.3 Å². The van der Waals surface area contributed by atoms with Crippen molar-refractivity contribution < 1.29 is 0 Å². The summed E-state index contributed by atoms with van der Waals surface area (Å²) < 4.78 is 1.07. The summed E-state index contributed by atoms with van der Waals surface area (Å²) in [5, 5.41) is 3.21. The Kier molecular flexibility index (Phi) is 5.06. The van der Waals surface area contributed by atoms with Gasteiger partial charge in [0, 0.05) is 9.49 Å². The van der Waals surface area contributed by atoms with E-state index in [-0.39, 0.29) is 0 Å². The van der Waals surface area contributed by atoms with Crippen molar-refractivity contribution in [3.8, 4) is 0 Å². The number of hydrogen-bond acceptors (Lipinski definition) is 3. The van der Waals surface area contributed by atoms with Gasteiger partial charge in [-0.25, -0.2) is 0 Å². The molecule has 0 heterocycles. The van der Waals surface area contributed by atoms with Crippen LogP contribution in [0.2, 0.25) is 0 Å². The summed E-state index contributed by atoms with van der Waals surface area (Å²) in [5.74, 6) is 0. The zero-order chi connectivity index (χ0) is 14.4. The molecule has 0 aromatic carbocycles. The Bertz CT molecular complexity index is 224. The lowest BCUT2D eigenvalue weighted by Gasteiger charge is -2.16. The van der Waals surface area contributed by atoms with Crippen LogP contribution < -0.4 is 0 Å². The van der Waals surface area contributed by atoms with Crippen molar-refractivity contribution in [3.05, 3.63) is 5.25 Å². The van der Waals surface area contributed by atoms with Gasteiger partial charge in [-0.15, -0.1) is 0 Å². The molecule has 0 amide bonds. The van der Waals surface area contributed by atoms with Crippen LogP contribution in [0, 0.1) is 5.25 Å². The second-order valence-electron chi connectivity index (χ2n) is 7.92. The van der Waals surface area contributed by atoms with Crippen LogP contribution in [0.15, 0.2) is 0 Å². The van der Waals surface area contributed by atoms with E-state index in [2.05, 4.69) is 97.6 Å². The van der Waals surface area contributed by atoms with E-state index in [4.69, 9.17) is 0 Å². The van der Waals surface area contributed by atoms with E-state index in [1.165, 1.54) is 0 Å². The third-order valence-electron chi connectivity index (χ3n) is 2.11. The van der Waals surface area contributed by atoms with Crippen molar-refractivity contribution in [1.29, 1.82) is 0 Å². The summed E-state index contributed by atoms with van der Waals surface area (Å²) in [6, 6.07) is 0. The fraction of sp³-hybridized carbons (Fsp3) is 0.933. The molecule has 0 aromatic rings. The van der Waals surface area contributed by atoms with Crippen molar-refractivity contribution in [2.45, 2.75) is 87.1 Å². The normalized spacial score (nSPS) is 25.5. The Labute approximate surface area is 127 Å². The summed E-state index contributed by atoms with van der Waals surface area (Å²) >= 11 is 6.38. The van der Waals surface area contributed by atoms with Crippen molar-refractivity contribution >= 4 is 35.3 Å². The summed E-state index contributed by atoms with van der Waals surface area (Å²) in [7, 11) is 0. The van der Waals surface area contributed by atoms with Gasteiger partial charge in [-0.05, 0) is 20.8 Å². The standard InChI is InChI=1S/C15H29S3/c1-13(2,3)16-10-11(17-14(4,5)6)12(10)18-15(7,8)9/h10-11H,1-9H3/q+1. The van der Waals surface area contributed by atoms with Crippen LogP contribution in [-0.2, 0) is 0 Å². The van der Waals surface area contributed by atoms with Crippen molar-refractivity contribution in [1.82, 2.24) is 0 Å². The van der Waals surface area contributed by atoms with E-state index < -0.39 is 0 Å². The topological polar surface area (TPSA) is 0 Å². The van der Waals surface area contributed by atoms with E-state index in [1.54, 1.807) is 5.25 Å². The molecule has 0 spiro atoms. The summed E-state index contributed by atoms with van der Waals surface area (Å²) in [4.78, 5) is 0. The number of thioether (sulfide) groups is 3. The van der Waals surface area contributed by atoms with Gasteiger partial charge in [0.25, 0.3) is 0 Å². The zero-order valence-electron chi connectivity index (χ0n) is 13.4. The quantitative estimate of drug-likeness (QED) is 0.599. The van der Waals surface area contributed by atoms with Crippen LogP contribution in [0.3, 0.4) is 0 Å². The van der Waals surface area contributed by atoms with Crippen LogP contribution in [0.25, 0.3) is 0 Å². The van der Waals surface area contributed by atoms with Gasteiger partial charge >= 0.3 is 0 Å². The van der Waals surface area contributed by atoms with Crippen LogP contribution >= 0.6 is 35.3 Å². The fourth-order valence-corrected chi connectivity index (χ4v) is 6.41. The van der Waals surface area contributed by atoms with Crippen LogP contribution in [-0.4, -0.2) is 24.7 Å². The lowest BCUT2D eigenvalue weighted by molar-refractivity contribution is 0.798. The Morgan fingerprint density at radius 1 is 0.611 bits per heavy atom. The van der Waals surface area contributed by atoms with Gasteiger partial charge in [-0.3, -0.25) is 0 Å². The Morgan fingerprint density at radius 2 is 0.944 bits per heavy atom. The average molecular weight is 306 g/mol. The molecule has 1 fully saturated rings. The van der Waals surface area contributed by atoms with Crippen molar-refractivity contribution in [2.75, 3.05) is 0 Å². The van der Waals surface area contributed by atoms with Gasteiger partial charge in [0.15, 0.2) is 5.25 Å². The minimum atomic E-state index is 0.346.